The zero-order chi connectivity index (χ0) is 21.3. The third-order valence-corrected chi connectivity index (χ3v) is 5.19. The van der Waals surface area contributed by atoms with Crippen LogP contribution in [-0.2, 0) is 11.3 Å². The van der Waals surface area contributed by atoms with Crippen LogP contribution in [0.15, 0.2) is 23.2 Å². The lowest BCUT2D eigenvalue weighted by molar-refractivity contribution is -0.0504. The van der Waals surface area contributed by atoms with Gasteiger partial charge >= 0.3 is 6.61 Å². The largest absolute Gasteiger partial charge is 0.497 e. The average Bonchev–Trinajstić information content (AvgIpc) is 2.71. The van der Waals surface area contributed by atoms with Crippen molar-refractivity contribution < 1.29 is 23.0 Å². The first kappa shape index (κ1) is 26.6. The van der Waals surface area contributed by atoms with Gasteiger partial charge in [-0.1, -0.05) is 0 Å². The summed E-state index contributed by atoms with van der Waals surface area (Å²) in [4.78, 5) is 6.79. The number of likely N-dealkylation sites (N-methyl/N-ethyl adjacent to an activating group) is 1. The molecule has 0 aromatic heterocycles. The normalized spacial score (nSPS) is 16.2. The molecule has 1 aromatic rings. The molecule has 1 aliphatic heterocycles. The smallest absolute Gasteiger partial charge is 0.387 e. The summed E-state index contributed by atoms with van der Waals surface area (Å²) in [5, 5.41) is 6.60. The molecule has 0 amide bonds. The van der Waals surface area contributed by atoms with Gasteiger partial charge in [0.25, 0.3) is 0 Å². The van der Waals surface area contributed by atoms with E-state index in [1.165, 1.54) is 13.2 Å². The van der Waals surface area contributed by atoms with Gasteiger partial charge in [0.1, 0.15) is 11.5 Å². The van der Waals surface area contributed by atoms with E-state index in [0.29, 0.717) is 30.4 Å². The van der Waals surface area contributed by atoms with Crippen molar-refractivity contribution in [2.75, 3.05) is 47.5 Å². The zero-order valence-electron chi connectivity index (χ0n) is 18.0. The van der Waals surface area contributed by atoms with Crippen molar-refractivity contribution >= 4 is 29.9 Å². The lowest BCUT2D eigenvalue weighted by Gasteiger charge is -2.43. The number of hydrogen-bond acceptors (Lipinski definition) is 5. The average molecular weight is 542 g/mol. The Morgan fingerprint density at radius 1 is 1.27 bits per heavy atom. The van der Waals surface area contributed by atoms with E-state index in [2.05, 4.69) is 39.4 Å². The molecule has 0 unspecified atom stereocenters. The lowest BCUT2D eigenvalue weighted by Crippen LogP contribution is -2.57. The second-order valence-corrected chi connectivity index (χ2v) is 7.13. The van der Waals surface area contributed by atoms with Crippen molar-refractivity contribution in [1.82, 2.24) is 15.5 Å². The number of methoxy groups -OCH3 is 1. The van der Waals surface area contributed by atoms with E-state index in [1.54, 1.807) is 12.1 Å². The first-order valence-corrected chi connectivity index (χ1v) is 9.79. The highest BCUT2D eigenvalue weighted by Gasteiger charge is 2.34. The predicted octanol–water partition coefficient (Wildman–Crippen LogP) is 3.08. The molecule has 0 radical (unpaired) electrons. The molecule has 10 heteroatoms. The van der Waals surface area contributed by atoms with Crippen LogP contribution in [0.5, 0.6) is 11.5 Å². The van der Waals surface area contributed by atoms with Crippen LogP contribution in [0.1, 0.15) is 25.3 Å². The summed E-state index contributed by atoms with van der Waals surface area (Å²) in [6, 6.07) is 4.71. The highest BCUT2D eigenvalue weighted by Crippen LogP contribution is 2.27. The molecule has 172 valence electrons. The van der Waals surface area contributed by atoms with Gasteiger partial charge in [-0.3, -0.25) is 0 Å². The van der Waals surface area contributed by atoms with Crippen molar-refractivity contribution in [3.8, 4) is 11.5 Å². The topological polar surface area (TPSA) is 67.4 Å². The molecule has 0 bridgehead atoms. The number of guanidine groups is 1. The van der Waals surface area contributed by atoms with Crippen molar-refractivity contribution in [1.29, 1.82) is 0 Å². The molecule has 1 aromatic carbocycles. The predicted molar refractivity (Wildman–Crippen MR) is 124 cm³/mol. The lowest BCUT2D eigenvalue weighted by atomic mass is 9.88. The third kappa shape index (κ3) is 7.69. The maximum atomic E-state index is 12.7. The minimum Gasteiger partial charge on any atom is -0.497 e. The van der Waals surface area contributed by atoms with Gasteiger partial charge in [-0.2, -0.15) is 8.78 Å². The first-order valence-electron chi connectivity index (χ1n) is 9.79. The van der Waals surface area contributed by atoms with E-state index < -0.39 is 6.61 Å². The monoisotopic (exact) mass is 542 g/mol. The fourth-order valence-corrected chi connectivity index (χ4v) is 3.30. The Morgan fingerprint density at radius 2 is 1.97 bits per heavy atom. The fraction of sp³-hybridized carbons (Fsp3) is 0.650. The van der Waals surface area contributed by atoms with E-state index in [4.69, 9.17) is 9.47 Å². The van der Waals surface area contributed by atoms with Crippen LogP contribution in [0, 0.1) is 0 Å². The van der Waals surface area contributed by atoms with Crippen LogP contribution < -0.4 is 20.1 Å². The van der Waals surface area contributed by atoms with Gasteiger partial charge in [-0.25, -0.2) is 4.99 Å². The van der Waals surface area contributed by atoms with Crippen LogP contribution in [0.2, 0.25) is 0 Å². The Labute approximate surface area is 194 Å². The van der Waals surface area contributed by atoms with Crippen LogP contribution in [0.4, 0.5) is 8.78 Å². The summed E-state index contributed by atoms with van der Waals surface area (Å²) in [5.74, 6) is 1.27. The van der Waals surface area contributed by atoms with Gasteiger partial charge in [0.2, 0.25) is 0 Å². The summed E-state index contributed by atoms with van der Waals surface area (Å²) in [7, 11) is 5.67. The molecule has 1 heterocycles. The van der Waals surface area contributed by atoms with E-state index in [0.717, 1.165) is 26.1 Å². The minimum absolute atomic E-state index is 0. The number of halogens is 3. The molecule has 0 aliphatic carbocycles. The highest BCUT2D eigenvalue weighted by atomic mass is 127. The molecule has 30 heavy (non-hydrogen) atoms. The first-order chi connectivity index (χ1) is 13.9. The molecule has 0 spiro atoms. The van der Waals surface area contributed by atoms with E-state index >= 15 is 0 Å². The number of rotatable bonds is 9. The maximum Gasteiger partial charge on any atom is 0.387 e. The Kier molecular flexibility index (Phi) is 11.6. The van der Waals surface area contributed by atoms with Crippen LogP contribution in [0.25, 0.3) is 0 Å². The minimum atomic E-state index is -2.90. The number of benzene rings is 1. The van der Waals surface area contributed by atoms with Crippen molar-refractivity contribution in [3.05, 3.63) is 23.8 Å². The molecule has 7 nitrogen and oxygen atoms in total. The van der Waals surface area contributed by atoms with Crippen LogP contribution >= 0.6 is 24.0 Å². The molecule has 2 rings (SSSR count). The number of aliphatic imine (C=N–C) groups is 1. The number of ether oxygens (including phenoxy) is 3. The van der Waals surface area contributed by atoms with E-state index in [-0.39, 0.29) is 41.8 Å². The number of nitrogens with zero attached hydrogens (tertiary/aromatic N) is 2. The maximum absolute atomic E-state index is 12.7. The highest BCUT2D eigenvalue weighted by molar-refractivity contribution is 14.0. The Balaban J connectivity index is 0.00000450. The fourth-order valence-electron chi connectivity index (χ4n) is 3.30. The van der Waals surface area contributed by atoms with Gasteiger partial charge in [0.15, 0.2) is 5.96 Å². The SMILES string of the molecule is CCNC(=NCc1cc(OC)ccc1OC(F)F)NCC1(N(C)C)CCOCC1.I. The van der Waals surface area contributed by atoms with E-state index in [1.807, 2.05) is 6.92 Å². The van der Waals surface area contributed by atoms with E-state index in [9.17, 15) is 8.78 Å². The molecule has 0 saturated carbocycles. The molecular formula is C20H33F2IN4O3. The molecular weight excluding hydrogens is 509 g/mol. The Bertz CT molecular complexity index is 671. The summed E-state index contributed by atoms with van der Waals surface area (Å²) in [5.41, 5.74) is 0.504. The number of hydrogen-bond donors (Lipinski definition) is 2. The van der Waals surface area contributed by atoms with Gasteiger partial charge in [0.05, 0.1) is 13.7 Å². The molecule has 0 atom stereocenters. The van der Waals surface area contributed by atoms with Crippen molar-refractivity contribution in [2.24, 2.45) is 4.99 Å². The Hall–Kier alpha value is -1.40. The molecule has 1 aliphatic rings. The number of nitrogens with one attached hydrogen (secondary N) is 2. The van der Waals surface area contributed by atoms with Gasteiger partial charge in [-0.15, -0.1) is 24.0 Å². The third-order valence-electron chi connectivity index (χ3n) is 5.19. The number of alkyl halides is 2. The quantitative estimate of drug-likeness (QED) is 0.284. The van der Waals surface area contributed by atoms with Crippen LogP contribution in [0.3, 0.4) is 0 Å². The van der Waals surface area contributed by atoms with Crippen molar-refractivity contribution in [3.63, 3.8) is 0 Å². The second kappa shape index (κ2) is 13.1. The summed E-state index contributed by atoms with van der Waals surface area (Å²) >= 11 is 0. The summed E-state index contributed by atoms with van der Waals surface area (Å²) in [6.07, 6.45) is 1.85. The standard InChI is InChI=1S/C20H32F2N4O3.HI/c1-5-23-19(25-14-20(26(2)3)8-10-28-11-9-20)24-13-15-12-16(27-4)6-7-17(15)29-18(21)22;/h6-7,12,18H,5,8-11,13-14H2,1-4H3,(H2,23,24,25);1H. The molecule has 1 saturated heterocycles. The summed E-state index contributed by atoms with van der Waals surface area (Å²) < 4.78 is 40.8. The van der Waals surface area contributed by atoms with Gasteiger partial charge < -0.3 is 29.7 Å². The van der Waals surface area contributed by atoms with Crippen molar-refractivity contribution in [2.45, 2.75) is 38.5 Å². The molecule has 2 N–H and O–H groups in total. The van der Waals surface area contributed by atoms with Gasteiger partial charge in [-0.05, 0) is 52.1 Å². The second-order valence-electron chi connectivity index (χ2n) is 7.13. The molecule has 1 fully saturated rings. The van der Waals surface area contributed by atoms with Gasteiger partial charge in [0, 0.05) is 37.4 Å². The zero-order valence-corrected chi connectivity index (χ0v) is 20.4. The summed E-state index contributed by atoms with van der Waals surface area (Å²) in [6.45, 7) is 2.09. The van der Waals surface area contributed by atoms with Crippen LogP contribution in [-0.4, -0.2) is 70.5 Å². The Morgan fingerprint density at radius 3 is 2.53 bits per heavy atom.